The van der Waals surface area contributed by atoms with Gasteiger partial charge in [0, 0.05) is 5.56 Å². The van der Waals surface area contributed by atoms with Crippen molar-refractivity contribution in [2.24, 2.45) is 0 Å². The zero-order valence-electron chi connectivity index (χ0n) is 9.03. The van der Waals surface area contributed by atoms with E-state index in [1.807, 2.05) is 45.0 Å². The van der Waals surface area contributed by atoms with E-state index in [4.69, 9.17) is 4.74 Å². The summed E-state index contributed by atoms with van der Waals surface area (Å²) in [7, 11) is 0. The van der Waals surface area contributed by atoms with Crippen LogP contribution in [0.4, 0.5) is 0 Å². The molecule has 0 heterocycles. The summed E-state index contributed by atoms with van der Waals surface area (Å²) in [5.41, 5.74) is 0.878. The third kappa shape index (κ3) is 2.74. The molecule has 0 bridgehead atoms. The average Bonchev–Trinajstić information content (AvgIpc) is 2.16. The molecule has 0 aliphatic carbocycles. The van der Waals surface area contributed by atoms with Crippen molar-refractivity contribution in [3.8, 4) is 5.75 Å². The fourth-order valence-corrected chi connectivity index (χ4v) is 1.34. The van der Waals surface area contributed by atoms with Crippen molar-refractivity contribution in [2.45, 2.75) is 39.4 Å². The van der Waals surface area contributed by atoms with Gasteiger partial charge < -0.3 is 9.84 Å². The first kappa shape index (κ1) is 11.1. The van der Waals surface area contributed by atoms with Crippen LogP contribution in [0.5, 0.6) is 5.75 Å². The molecule has 0 aromatic heterocycles. The Bertz CT molecular complexity index is 281. The van der Waals surface area contributed by atoms with Gasteiger partial charge in [0.15, 0.2) is 0 Å². The summed E-state index contributed by atoms with van der Waals surface area (Å²) in [4.78, 5) is 0. The Labute approximate surface area is 85.5 Å². The number of hydrogen-bond donors (Lipinski definition) is 1. The number of aliphatic hydroxyl groups is 1. The number of hydrogen-bond acceptors (Lipinski definition) is 2. The summed E-state index contributed by atoms with van der Waals surface area (Å²) >= 11 is 0. The zero-order chi connectivity index (χ0) is 10.6. The number of ether oxygens (including phenoxy) is 1. The number of rotatable bonds is 4. The van der Waals surface area contributed by atoms with Crippen molar-refractivity contribution in [3.05, 3.63) is 29.8 Å². The molecule has 0 saturated carbocycles. The largest absolute Gasteiger partial charge is 0.491 e. The topological polar surface area (TPSA) is 29.5 Å². The summed E-state index contributed by atoms with van der Waals surface area (Å²) in [6.07, 6.45) is 0.420. The molecule has 0 unspecified atom stereocenters. The molecule has 1 rings (SSSR count). The second kappa shape index (κ2) is 5.01. The first-order chi connectivity index (χ1) is 6.65. The minimum Gasteiger partial charge on any atom is -0.491 e. The summed E-state index contributed by atoms with van der Waals surface area (Å²) in [6.45, 7) is 5.92. The summed E-state index contributed by atoms with van der Waals surface area (Å²) in [5.74, 6) is 0.789. The monoisotopic (exact) mass is 194 g/mol. The first-order valence-corrected chi connectivity index (χ1v) is 5.08. The highest BCUT2D eigenvalue weighted by Gasteiger charge is 2.11. The minimum absolute atomic E-state index is 0.139. The van der Waals surface area contributed by atoms with E-state index in [0.717, 1.165) is 11.3 Å². The molecule has 2 nitrogen and oxygen atoms in total. The van der Waals surface area contributed by atoms with E-state index in [1.165, 1.54) is 0 Å². The SMILES string of the molecule is CC[C@H](O)c1ccccc1OC(C)C. The third-order valence-corrected chi connectivity index (χ3v) is 2.03. The molecule has 0 radical (unpaired) electrons. The van der Waals surface area contributed by atoms with Crippen molar-refractivity contribution in [1.82, 2.24) is 0 Å². The molecule has 0 aliphatic rings. The van der Waals surface area contributed by atoms with Gasteiger partial charge in [-0.15, -0.1) is 0 Å². The highest BCUT2D eigenvalue weighted by Crippen LogP contribution is 2.27. The molecular weight excluding hydrogens is 176 g/mol. The van der Waals surface area contributed by atoms with Gasteiger partial charge in [0.2, 0.25) is 0 Å². The third-order valence-electron chi connectivity index (χ3n) is 2.03. The molecule has 14 heavy (non-hydrogen) atoms. The Morgan fingerprint density at radius 1 is 1.29 bits per heavy atom. The molecule has 0 spiro atoms. The van der Waals surface area contributed by atoms with Gasteiger partial charge in [-0.05, 0) is 26.3 Å². The van der Waals surface area contributed by atoms with E-state index in [1.54, 1.807) is 0 Å². The molecule has 1 atom stereocenters. The van der Waals surface area contributed by atoms with E-state index in [0.29, 0.717) is 6.42 Å². The lowest BCUT2D eigenvalue weighted by Crippen LogP contribution is -2.08. The van der Waals surface area contributed by atoms with Crippen LogP contribution in [0.2, 0.25) is 0 Å². The molecule has 1 N–H and O–H groups in total. The van der Waals surface area contributed by atoms with Gasteiger partial charge in [-0.1, -0.05) is 25.1 Å². The zero-order valence-corrected chi connectivity index (χ0v) is 9.03. The van der Waals surface area contributed by atoms with Crippen molar-refractivity contribution < 1.29 is 9.84 Å². The van der Waals surface area contributed by atoms with E-state index in [2.05, 4.69) is 0 Å². The van der Waals surface area contributed by atoms with Crippen molar-refractivity contribution in [3.63, 3.8) is 0 Å². The van der Waals surface area contributed by atoms with Crippen molar-refractivity contribution in [2.75, 3.05) is 0 Å². The summed E-state index contributed by atoms with van der Waals surface area (Å²) in [5, 5.41) is 9.74. The highest BCUT2D eigenvalue weighted by molar-refractivity contribution is 5.35. The lowest BCUT2D eigenvalue weighted by molar-refractivity contribution is 0.162. The van der Waals surface area contributed by atoms with Crippen LogP contribution in [0.15, 0.2) is 24.3 Å². The summed E-state index contributed by atoms with van der Waals surface area (Å²) in [6, 6.07) is 7.64. The van der Waals surface area contributed by atoms with E-state index < -0.39 is 6.10 Å². The molecular formula is C12H18O2. The van der Waals surface area contributed by atoms with E-state index in [9.17, 15) is 5.11 Å². The molecule has 0 fully saturated rings. The van der Waals surface area contributed by atoms with Gasteiger partial charge in [0.1, 0.15) is 5.75 Å². The summed E-state index contributed by atoms with van der Waals surface area (Å²) < 4.78 is 5.61. The van der Waals surface area contributed by atoms with Crippen LogP contribution in [-0.2, 0) is 0 Å². The molecule has 0 amide bonds. The molecule has 1 aromatic rings. The molecule has 0 saturated heterocycles. The Kier molecular flexibility index (Phi) is 3.96. The molecule has 1 aromatic carbocycles. The highest BCUT2D eigenvalue weighted by atomic mass is 16.5. The average molecular weight is 194 g/mol. The Hall–Kier alpha value is -1.02. The van der Waals surface area contributed by atoms with Crippen LogP contribution in [0.25, 0.3) is 0 Å². The van der Waals surface area contributed by atoms with Crippen LogP contribution >= 0.6 is 0 Å². The maximum absolute atomic E-state index is 9.74. The standard InChI is InChI=1S/C12H18O2/c1-4-11(13)10-7-5-6-8-12(10)14-9(2)3/h5-9,11,13H,4H2,1-3H3/t11-/m0/s1. The number of aliphatic hydroxyl groups excluding tert-OH is 1. The van der Waals surface area contributed by atoms with Crippen LogP contribution in [-0.4, -0.2) is 11.2 Å². The van der Waals surface area contributed by atoms with Crippen molar-refractivity contribution >= 4 is 0 Å². The van der Waals surface area contributed by atoms with Crippen molar-refractivity contribution in [1.29, 1.82) is 0 Å². The maximum atomic E-state index is 9.74. The van der Waals surface area contributed by atoms with Gasteiger partial charge in [-0.25, -0.2) is 0 Å². The van der Waals surface area contributed by atoms with Gasteiger partial charge >= 0.3 is 0 Å². The number of benzene rings is 1. The number of para-hydroxylation sites is 1. The minimum atomic E-state index is -0.426. The maximum Gasteiger partial charge on any atom is 0.125 e. The smallest absolute Gasteiger partial charge is 0.125 e. The quantitative estimate of drug-likeness (QED) is 0.798. The lowest BCUT2D eigenvalue weighted by Gasteiger charge is -2.16. The van der Waals surface area contributed by atoms with Gasteiger partial charge in [-0.3, -0.25) is 0 Å². The fourth-order valence-electron chi connectivity index (χ4n) is 1.34. The predicted octanol–water partition coefficient (Wildman–Crippen LogP) is 2.92. The first-order valence-electron chi connectivity index (χ1n) is 5.08. The van der Waals surface area contributed by atoms with E-state index >= 15 is 0 Å². The normalized spacial score (nSPS) is 12.9. The molecule has 0 aliphatic heterocycles. The van der Waals surface area contributed by atoms with Gasteiger partial charge in [0.05, 0.1) is 12.2 Å². The predicted molar refractivity (Wildman–Crippen MR) is 57.5 cm³/mol. The Balaban J connectivity index is 2.91. The second-order valence-corrected chi connectivity index (χ2v) is 3.63. The Morgan fingerprint density at radius 2 is 1.93 bits per heavy atom. The van der Waals surface area contributed by atoms with Gasteiger partial charge in [-0.2, -0.15) is 0 Å². The van der Waals surface area contributed by atoms with Gasteiger partial charge in [0.25, 0.3) is 0 Å². The van der Waals surface area contributed by atoms with Crippen LogP contribution in [0.1, 0.15) is 38.9 Å². The second-order valence-electron chi connectivity index (χ2n) is 3.63. The molecule has 78 valence electrons. The lowest BCUT2D eigenvalue weighted by atomic mass is 10.1. The van der Waals surface area contributed by atoms with E-state index in [-0.39, 0.29) is 6.10 Å². The Morgan fingerprint density at radius 3 is 2.50 bits per heavy atom. The molecule has 2 heteroatoms. The van der Waals surface area contributed by atoms with Crippen LogP contribution in [0.3, 0.4) is 0 Å². The van der Waals surface area contributed by atoms with Crippen LogP contribution < -0.4 is 4.74 Å². The van der Waals surface area contributed by atoms with Crippen LogP contribution in [0, 0.1) is 0 Å². The fraction of sp³-hybridized carbons (Fsp3) is 0.500.